The highest BCUT2D eigenvalue weighted by molar-refractivity contribution is 6.06. The van der Waals surface area contributed by atoms with E-state index in [1.165, 1.54) is 12.4 Å². The molecule has 0 aliphatic carbocycles. The number of hydrogen-bond donors (Lipinski definition) is 2. The van der Waals surface area contributed by atoms with Crippen molar-refractivity contribution in [3.63, 3.8) is 0 Å². The van der Waals surface area contributed by atoms with Crippen LogP contribution in [0.1, 0.15) is 36.6 Å². The highest BCUT2D eigenvalue weighted by Gasteiger charge is 2.34. The molecule has 8 nitrogen and oxygen atoms in total. The van der Waals surface area contributed by atoms with Gasteiger partial charge in [0.1, 0.15) is 24.8 Å². The number of aryl methyl sites for hydroxylation is 1. The molecule has 1 aliphatic rings. The topological polar surface area (TPSA) is 90.3 Å². The van der Waals surface area contributed by atoms with Crippen LogP contribution in [-0.2, 0) is 11.4 Å². The van der Waals surface area contributed by atoms with Crippen molar-refractivity contribution < 1.29 is 18.7 Å². The number of ether oxygens (including phenoxy) is 2. The number of nitrogens with zero attached hydrogens (tertiary/aromatic N) is 3. The van der Waals surface area contributed by atoms with Crippen molar-refractivity contribution in [2.24, 2.45) is 0 Å². The third kappa shape index (κ3) is 4.95. The number of halogens is 1. The Balaban J connectivity index is 1.50. The van der Waals surface area contributed by atoms with Crippen LogP contribution >= 0.6 is 0 Å². The molecule has 0 radical (unpaired) electrons. The van der Waals surface area contributed by atoms with Gasteiger partial charge in [-0.1, -0.05) is 42.5 Å². The van der Waals surface area contributed by atoms with Gasteiger partial charge >= 0.3 is 0 Å². The van der Waals surface area contributed by atoms with Crippen molar-refractivity contribution in [3.8, 4) is 11.5 Å². The van der Waals surface area contributed by atoms with Crippen molar-refractivity contribution in [1.82, 2.24) is 14.8 Å². The van der Waals surface area contributed by atoms with Gasteiger partial charge in [-0.25, -0.2) is 9.07 Å². The fourth-order valence-corrected chi connectivity index (χ4v) is 4.45. The Kier molecular flexibility index (Phi) is 7.08. The maximum absolute atomic E-state index is 14.1. The molecular formula is C29H28FN5O3. The molecular weight excluding hydrogens is 485 g/mol. The molecule has 0 saturated carbocycles. The number of para-hydroxylation sites is 1. The number of rotatable bonds is 8. The summed E-state index contributed by atoms with van der Waals surface area (Å²) in [5.74, 6) is 0.891. The summed E-state index contributed by atoms with van der Waals surface area (Å²) < 4.78 is 27.6. The van der Waals surface area contributed by atoms with E-state index in [-0.39, 0.29) is 18.3 Å². The predicted octanol–water partition coefficient (Wildman–Crippen LogP) is 5.63. The Labute approximate surface area is 220 Å². The molecule has 1 unspecified atom stereocenters. The quantitative estimate of drug-likeness (QED) is 0.317. The second kappa shape index (κ2) is 10.8. The average Bonchev–Trinajstić information content (AvgIpc) is 3.37. The van der Waals surface area contributed by atoms with E-state index < -0.39 is 6.04 Å². The summed E-state index contributed by atoms with van der Waals surface area (Å²) in [6, 6.07) is 19.0. The number of amides is 1. The van der Waals surface area contributed by atoms with E-state index in [1.54, 1.807) is 28.9 Å². The molecule has 0 bridgehead atoms. The molecule has 1 aliphatic heterocycles. The maximum atomic E-state index is 14.1. The Bertz CT molecular complexity index is 1510. The minimum atomic E-state index is -0.572. The molecule has 2 N–H and O–H groups in total. The van der Waals surface area contributed by atoms with E-state index in [2.05, 4.69) is 20.7 Å². The van der Waals surface area contributed by atoms with Gasteiger partial charge in [0.2, 0.25) is 5.95 Å². The Morgan fingerprint density at radius 2 is 1.84 bits per heavy atom. The van der Waals surface area contributed by atoms with Crippen molar-refractivity contribution in [2.75, 3.05) is 17.2 Å². The van der Waals surface area contributed by atoms with Crippen LogP contribution < -0.4 is 20.1 Å². The zero-order valence-corrected chi connectivity index (χ0v) is 21.4. The summed E-state index contributed by atoms with van der Waals surface area (Å²) >= 11 is 0. The van der Waals surface area contributed by atoms with Gasteiger partial charge < -0.3 is 20.1 Å². The highest BCUT2D eigenvalue weighted by atomic mass is 19.1. The maximum Gasteiger partial charge on any atom is 0.255 e. The predicted molar refractivity (Wildman–Crippen MR) is 143 cm³/mol. The number of anilines is 2. The molecule has 5 rings (SSSR count). The number of hydrogen-bond acceptors (Lipinski definition) is 6. The van der Waals surface area contributed by atoms with Crippen LogP contribution in [0.2, 0.25) is 0 Å². The standard InChI is InChI=1S/C29H28FN5O3/c1-4-37-25-15-20(13-14-24(25)38-16-21-10-6-7-11-22(21)30)27-26(19(3)33-29-31-17-32-35(27)29)28(36)34-23-12-8-5-9-18(23)2/h5-15,17,27H,4,16H2,1-3H3,(H,34,36)(H,31,32,33). The molecule has 2 heterocycles. The lowest BCUT2D eigenvalue weighted by atomic mass is 9.94. The van der Waals surface area contributed by atoms with Crippen LogP contribution in [0.3, 0.4) is 0 Å². The summed E-state index contributed by atoms with van der Waals surface area (Å²) in [5.41, 5.74) is 4.05. The smallest absolute Gasteiger partial charge is 0.255 e. The SMILES string of the molecule is CCOc1cc(C2C(C(=O)Nc3ccccc3C)=C(C)Nc3ncnn32)ccc1OCc1ccccc1F. The number of benzene rings is 3. The van der Waals surface area contributed by atoms with Gasteiger partial charge in [0.05, 0.1) is 12.2 Å². The molecule has 1 atom stereocenters. The Hall–Kier alpha value is -4.66. The minimum Gasteiger partial charge on any atom is -0.490 e. The van der Waals surface area contributed by atoms with Gasteiger partial charge in [-0.3, -0.25) is 4.79 Å². The first-order valence-corrected chi connectivity index (χ1v) is 12.3. The second-order valence-corrected chi connectivity index (χ2v) is 8.88. The number of fused-ring (bicyclic) bond motifs is 1. The van der Waals surface area contributed by atoms with Gasteiger partial charge in [0.25, 0.3) is 5.91 Å². The summed E-state index contributed by atoms with van der Waals surface area (Å²) in [4.78, 5) is 18.0. The molecule has 1 aromatic heterocycles. The van der Waals surface area contributed by atoms with Crippen molar-refractivity contribution in [2.45, 2.75) is 33.4 Å². The Morgan fingerprint density at radius 3 is 2.63 bits per heavy atom. The fraction of sp³-hybridized carbons (Fsp3) is 0.207. The minimum absolute atomic E-state index is 0.0513. The number of carbonyl (C=O) groups excluding carboxylic acids is 1. The summed E-state index contributed by atoms with van der Waals surface area (Å²) in [6.07, 6.45) is 1.44. The molecule has 0 saturated heterocycles. The van der Waals surface area contributed by atoms with E-state index in [0.29, 0.717) is 40.9 Å². The molecule has 194 valence electrons. The monoisotopic (exact) mass is 513 g/mol. The number of allylic oxidation sites excluding steroid dienone is 1. The molecule has 38 heavy (non-hydrogen) atoms. The number of aromatic nitrogens is 3. The molecule has 0 fully saturated rings. The third-order valence-corrected chi connectivity index (χ3v) is 6.36. The fourth-order valence-electron chi connectivity index (χ4n) is 4.45. The van der Waals surface area contributed by atoms with Gasteiger partial charge in [-0.05, 0) is 56.2 Å². The highest BCUT2D eigenvalue weighted by Crippen LogP contribution is 2.39. The molecule has 1 amide bonds. The lowest BCUT2D eigenvalue weighted by Crippen LogP contribution is -2.31. The zero-order valence-electron chi connectivity index (χ0n) is 21.4. The lowest BCUT2D eigenvalue weighted by Gasteiger charge is -2.29. The first-order valence-electron chi connectivity index (χ1n) is 12.3. The Morgan fingerprint density at radius 1 is 1.05 bits per heavy atom. The van der Waals surface area contributed by atoms with Crippen LogP contribution in [0.15, 0.2) is 84.3 Å². The van der Waals surface area contributed by atoms with Gasteiger partial charge in [-0.2, -0.15) is 10.1 Å². The van der Waals surface area contributed by atoms with Gasteiger partial charge in [0.15, 0.2) is 11.5 Å². The molecule has 3 aromatic carbocycles. The van der Waals surface area contributed by atoms with E-state index in [9.17, 15) is 9.18 Å². The number of carbonyl (C=O) groups is 1. The largest absolute Gasteiger partial charge is 0.490 e. The van der Waals surface area contributed by atoms with Gasteiger partial charge in [-0.15, -0.1) is 0 Å². The van der Waals surface area contributed by atoms with Crippen LogP contribution in [-0.4, -0.2) is 27.3 Å². The van der Waals surface area contributed by atoms with Crippen LogP contribution in [0.4, 0.5) is 16.0 Å². The summed E-state index contributed by atoms with van der Waals surface area (Å²) in [5, 5.41) is 10.6. The second-order valence-electron chi connectivity index (χ2n) is 8.88. The van der Waals surface area contributed by atoms with Crippen LogP contribution in [0.5, 0.6) is 11.5 Å². The van der Waals surface area contributed by atoms with E-state index >= 15 is 0 Å². The number of nitrogens with one attached hydrogen (secondary N) is 2. The molecule has 4 aromatic rings. The van der Waals surface area contributed by atoms with Gasteiger partial charge in [0, 0.05) is 16.9 Å². The van der Waals surface area contributed by atoms with Crippen LogP contribution in [0, 0.1) is 12.7 Å². The van der Waals surface area contributed by atoms with E-state index in [1.807, 2.05) is 57.2 Å². The normalized spacial score (nSPS) is 14.5. The third-order valence-electron chi connectivity index (χ3n) is 6.36. The van der Waals surface area contributed by atoms with Crippen molar-refractivity contribution in [1.29, 1.82) is 0 Å². The first-order chi connectivity index (χ1) is 18.5. The summed E-state index contributed by atoms with van der Waals surface area (Å²) in [7, 11) is 0. The van der Waals surface area contributed by atoms with Crippen molar-refractivity contribution >= 4 is 17.5 Å². The molecule has 9 heteroatoms. The summed E-state index contributed by atoms with van der Waals surface area (Å²) in [6.45, 7) is 6.11. The zero-order chi connectivity index (χ0) is 26.6. The van der Waals surface area contributed by atoms with Crippen LogP contribution in [0.25, 0.3) is 0 Å². The first kappa shape index (κ1) is 25.0. The van der Waals surface area contributed by atoms with E-state index in [4.69, 9.17) is 9.47 Å². The average molecular weight is 514 g/mol. The van der Waals surface area contributed by atoms with E-state index in [0.717, 1.165) is 16.8 Å². The molecule has 0 spiro atoms. The lowest BCUT2D eigenvalue weighted by molar-refractivity contribution is -0.113. The van der Waals surface area contributed by atoms with Crippen molar-refractivity contribution in [3.05, 3.63) is 107 Å².